The average Bonchev–Trinajstić information content (AvgIpc) is 2.62. The molecule has 1 N–H and O–H groups in total. The van der Waals surface area contributed by atoms with Crippen LogP contribution >= 0.6 is 0 Å². The molecule has 1 rings (SSSR count). The summed E-state index contributed by atoms with van der Waals surface area (Å²) in [6, 6.07) is 2.65. The second-order valence-electron chi connectivity index (χ2n) is 6.42. The minimum atomic E-state index is -4.92. The monoisotopic (exact) mass is 390 g/mol. The molecule has 0 heterocycles. The van der Waals surface area contributed by atoms with Crippen molar-refractivity contribution < 1.29 is 27.8 Å². The number of nitrogens with zero attached hydrogens (tertiary/aromatic N) is 2. The molecule has 154 valence electrons. The van der Waals surface area contributed by atoms with E-state index in [0.717, 1.165) is 13.0 Å². The number of alkyl halides is 3. The lowest BCUT2D eigenvalue weighted by molar-refractivity contribution is -0.282. The van der Waals surface area contributed by atoms with Gasteiger partial charge >= 0.3 is 6.18 Å². The van der Waals surface area contributed by atoms with Crippen LogP contribution in [0.2, 0.25) is 0 Å². The lowest BCUT2D eigenvalue weighted by Gasteiger charge is -2.32. The number of hydrogen-bond donors (Lipinski definition) is 1. The number of unbranched alkanes of at least 4 members (excludes halogenated alkanes) is 1. The van der Waals surface area contributed by atoms with Crippen LogP contribution in [0.15, 0.2) is 17.1 Å². The largest absolute Gasteiger partial charge is 0.496 e. The number of ether oxygens (including phenoxy) is 2. The second-order valence-corrected chi connectivity index (χ2v) is 6.42. The molecule has 1 aromatic carbocycles. The molecule has 1 unspecified atom stereocenters. The Bertz CT molecular complexity index is 635. The molecule has 0 radical (unpaired) electrons. The highest BCUT2D eigenvalue weighted by atomic mass is 19.4. The Hall–Kier alpha value is -1.80. The van der Waals surface area contributed by atoms with Crippen molar-refractivity contribution in [3.8, 4) is 5.75 Å². The predicted octanol–water partition coefficient (Wildman–Crippen LogP) is 4.18. The normalized spacial score (nSPS) is 14.4. The summed E-state index contributed by atoms with van der Waals surface area (Å²) in [5, 5.41) is 10.5. The molecular weight excluding hydrogens is 361 g/mol. The lowest BCUT2D eigenvalue weighted by Crippen LogP contribution is -2.46. The Labute approximate surface area is 158 Å². The summed E-state index contributed by atoms with van der Waals surface area (Å²) in [5.74, 6) is -0.0918. The molecule has 8 heteroatoms. The Balaban J connectivity index is 3.33. The average molecular weight is 390 g/mol. The molecule has 0 saturated carbocycles. The first kappa shape index (κ1) is 23.2. The van der Waals surface area contributed by atoms with Crippen LogP contribution in [0, 0.1) is 6.92 Å². The topological polar surface area (TPSA) is 54.3 Å². The van der Waals surface area contributed by atoms with E-state index in [2.05, 4.69) is 4.99 Å². The van der Waals surface area contributed by atoms with Gasteiger partial charge in [0, 0.05) is 31.8 Å². The van der Waals surface area contributed by atoms with Crippen molar-refractivity contribution in [2.75, 3.05) is 33.9 Å². The Morgan fingerprint density at radius 3 is 2.44 bits per heavy atom. The molecule has 0 saturated heterocycles. The van der Waals surface area contributed by atoms with Gasteiger partial charge in [0.2, 0.25) is 5.60 Å². The number of hydrogen-bond acceptors (Lipinski definition) is 4. The standard InChI is InChI=1S/C19H29F3N2O3/c1-6-8-9-27-12-18(25,19(20,21)22)15-10-14(3)16(11-17(15)26-5)23-13-24(4)7-2/h10-11,13,25H,6-9,12H2,1-5H3/b23-13+. The predicted molar refractivity (Wildman–Crippen MR) is 99.9 cm³/mol. The van der Waals surface area contributed by atoms with Crippen LogP contribution < -0.4 is 4.74 Å². The maximum absolute atomic E-state index is 13.7. The molecule has 0 aromatic heterocycles. The zero-order valence-electron chi connectivity index (χ0n) is 16.6. The van der Waals surface area contributed by atoms with Crippen molar-refractivity contribution >= 4 is 12.0 Å². The van der Waals surface area contributed by atoms with Gasteiger partial charge in [-0.2, -0.15) is 13.2 Å². The summed E-state index contributed by atoms with van der Waals surface area (Å²) >= 11 is 0. The molecule has 27 heavy (non-hydrogen) atoms. The summed E-state index contributed by atoms with van der Waals surface area (Å²) in [5.41, 5.74) is -2.59. The van der Waals surface area contributed by atoms with Crippen LogP contribution in [-0.2, 0) is 10.3 Å². The van der Waals surface area contributed by atoms with E-state index in [1.807, 2.05) is 25.8 Å². The summed E-state index contributed by atoms with van der Waals surface area (Å²) in [6.45, 7) is 5.47. The van der Waals surface area contributed by atoms with Crippen molar-refractivity contribution in [2.24, 2.45) is 4.99 Å². The summed E-state index contributed by atoms with van der Waals surface area (Å²) < 4.78 is 51.4. The maximum Gasteiger partial charge on any atom is 0.423 e. The number of aliphatic hydroxyl groups is 1. The minimum Gasteiger partial charge on any atom is -0.496 e. The molecule has 0 amide bonds. The Morgan fingerprint density at radius 1 is 1.26 bits per heavy atom. The fourth-order valence-corrected chi connectivity index (χ4v) is 2.33. The van der Waals surface area contributed by atoms with E-state index in [9.17, 15) is 18.3 Å². The first-order chi connectivity index (χ1) is 12.6. The quantitative estimate of drug-likeness (QED) is 0.370. The molecule has 0 bridgehead atoms. The Kier molecular flexibility index (Phi) is 8.56. The van der Waals surface area contributed by atoms with E-state index in [-0.39, 0.29) is 17.9 Å². The fourth-order valence-electron chi connectivity index (χ4n) is 2.33. The van der Waals surface area contributed by atoms with Crippen LogP contribution in [0.3, 0.4) is 0 Å². The van der Waals surface area contributed by atoms with Crippen molar-refractivity contribution in [3.05, 3.63) is 23.3 Å². The summed E-state index contributed by atoms with van der Waals surface area (Å²) in [6.07, 6.45) is -1.94. The van der Waals surface area contributed by atoms with Gasteiger partial charge in [0.25, 0.3) is 0 Å². The summed E-state index contributed by atoms with van der Waals surface area (Å²) in [4.78, 5) is 6.11. The van der Waals surface area contributed by atoms with Gasteiger partial charge in [-0.15, -0.1) is 0 Å². The molecule has 0 fully saturated rings. The van der Waals surface area contributed by atoms with Crippen molar-refractivity contribution in [1.82, 2.24) is 4.90 Å². The highest BCUT2D eigenvalue weighted by Gasteiger charge is 2.56. The molecule has 1 atom stereocenters. The van der Waals surface area contributed by atoms with E-state index in [1.165, 1.54) is 19.2 Å². The number of rotatable bonds is 10. The van der Waals surface area contributed by atoms with Gasteiger partial charge in [-0.1, -0.05) is 13.3 Å². The van der Waals surface area contributed by atoms with Gasteiger partial charge in [-0.05, 0) is 31.9 Å². The number of aryl methyl sites for hydroxylation is 1. The van der Waals surface area contributed by atoms with E-state index >= 15 is 0 Å². The maximum atomic E-state index is 13.7. The van der Waals surface area contributed by atoms with Gasteiger partial charge in [-0.25, -0.2) is 4.99 Å². The first-order valence-corrected chi connectivity index (χ1v) is 8.91. The van der Waals surface area contributed by atoms with E-state index in [4.69, 9.17) is 9.47 Å². The molecule has 1 aromatic rings. The third-order valence-corrected chi connectivity index (χ3v) is 4.28. The van der Waals surface area contributed by atoms with E-state index in [0.29, 0.717) is 17.7 Å². The molecule has 0 aliphatic carbocycles. The highest BCUT2D eigenvalue weighted by Crippen LogP contribution is 2.45. The zero-order chi connectivity index (χ0) is 20.7. The molecule has 0 spiro atoms. The third kappa shape index (κ3) is 5.84. The number of benzene rings is 1. The number of methoxy groups -OCH3 is 1. The third-order valence-electron chi connectivity index (χ3n) is 4.28. The van der Waals surface area contributed by atoms with E-state index < -0.39 is 18.4 Å². The zero-order valence-corrected chi connectivity index (χ0v) is 16.6. The molecule has 5 nitrogen and oxygen atoms in total. The molecule has 0 aliphatic heterocycles. The van der Waals surface area contributed by atoms with Crippen LogP contribution in [-0.4, -0.2) is 56.4 Å². The van der Waals surface area contributed by atoms with Gasteiger partial charge in [0.1, 0.15) is 5.75 Å². The van der Waals surface area contributed by atoms with Gasteiger partial charge in [-0.3, -0.25) is 0 Å². The SMILES string of the molecule is CCCCOCC(O)(c1cc(C)c(/N=C/N(C)CC)cc1OC)C(F)(F)F. The van der Waals surface area contributed by atoms with E-state index in [1.54, 1.807) is 13.3 Å². The number of halogens is 3. The van der Waals surface area contributed by atoms with Crippen LogP contribution in [0.1, 0.15) is 37.8 Å². The first-order valence-electron chi connectivity index (χ1n) is 8.91. The Morgan fingerprint density at radius 2 is 1.93 bits per heavy atom. The van der Waals surface area contributed by atoms with Crippen molar-refractivity contribution in [1.29, 1.82) is 0 Å². The summed E-state index contributed by atoms with van der Waals surface area (Å²) in [7, 11) is 3.09. The second kappa shape index (κ2) is 9.94. The van der Waals surface area contributed by atoms with Gasteiger partial charge < -0.3 is 19.5 Å². The van der Waals surface area contributed by atoms with Crippen LogP contribution in [0.5, 0.6) is 5.75 Å². The van der Waals surface area contributed by atoms with Crippen LogP contribution in [0.4, 0.5) is 18.9 Å². The van der Waals surface area contributed by atoms with Crippen molar-refractivity contribution in [3.63, 3.8) is 0 Å². The fraction of sp³-hybridized carbons (Fsp3) is 0.632. The van der Waals surface area contributed by atoms with Gasteiger partial charge in [0.05, 0.1) is 25.7 Å². The highest BCUT2D eigenvalue weighted by molar-refractivity contribution is 5.65. The molecular formula is C19H29F3N2O3. The smallest absolute Gasteiger partial charge is 0.423 e. The lowest BCUT2D eigenvalue weighted by atomic mass is 9.91. The van der Waals surface area contributed by atoms with Gasteiger partial charge in [0.15, 0.2) is 0 Å². The van der Waals surface area contributed by atoms with Crippen LogP contribution in [0.25, 0.3) is 0 Å². The molecule has 0 aliphatic rings. The number of aliphatic imine (C=N–C) groups is 1. The van der Waals surface area contributed by atoms with Crippen molar-refractivity contribution in [2.45, 2.75) is 45.4 Å². The minimum absolute atomic E-state index is 0.0918.